The van der Waals surface area contributed by atoms with E-state index in [0.29, 0.717) is 6.04 Å². The molecule has 1 fully saturated rings. The highest BCUT2D eigenvalue weighted by Crippen LogP contribution is 2.24. The molecule has 0 aliphatic carbocycles. The summed E-state index contributed by atoms with van der Waals surface area (Å²) in [6.45, 7) is 14.3. The quantitative estimate of drug-likeness (QED) is 0.660. The number of nitrogens with zero attached hydrogens (tertiary/aromatic N) is 1. The lowest BCUT2D eigenvalue weighted by atomic mass is 10.1. The minimum absolute atomic E-state index is 0.655. The molecule has 3 atom stereocenters. The lowest BCUT2D eigenvalue weighted by Gasteiger charge is -2.28. The van der Waals surface area contributed by atoms with E-state index in [1.807, 2.05) is 6.92 Å². The molecular weight excluding hydrogens is 212 g/mol. The van der Waals surface area contributed by atoms with Crippen LogP contribution in [0.3, 0.4) is 0 Å². The maximum absolute atomic E-state index is 5.32. The van der Waals surface area contributed by atoms with Crippen molar-refractivity contribution in [2.45, 2.75) is 52.6 Å². The van der Waals surface area contributed by atoms with Crippen LogP contribution in [-0.2, 0) is 4.74 Å². The summed E-state index contributed by atoms with van der Waals surface area (Å²) < 4.78 is 5.32. The molecule has 0 radical (unpaired) electrons. The first kappa shape index (κ1) is 14.9. The van der Waals surface area contributed by atoms with Crippen LogP contribution < -0.4 is 5.32 Å². The van der Waals surface area contributed by atoms with Gasteiger partial charge >= 0.3 is 0 Å². The second-order valence-corrected chi connectivity index (χ2v) is 5.49. The van der Waals surface area contributed by atoms with E-state index in [-0.39, 0.29) is 0 Å². The fourth-order valence-corrected chi connectivity index (χ4v) is 2.82. The zero-order chi connectivity index (χ0) is 12.7. The van der Waals surface area contributed by atoms with Gasteiger partial charge in [0.05, 0.1) is 0 Å². The molecule has 102 valence electrons. The van der Waals surface area contributed by atoms with Crippen LogP contribution >= 0.6 is 0 Å². The van der Waals surface area contributed by atoms with Gasteiger partial charge in [-0.3, -0.25) is 4.90 Å². The van der Waals surface area contributed by atoms with Gasteiger partial charge in [0.15, 0.2) is 0 Å². The van der Waals surface area contributed by atoms with Gasteiger partial charge in [-0.1, -0.05) is 6.92 Å². The van der Waals surface area contributed by atoms with Crippen molar-refractivity contribution in [3.05, 3.63) is 0 Å². The highest BCUT2D eigenvalue weighted by atomic mass is 16.5. The van der Waals surface area contributed by atoms with Crippen LogP contribution in [0.5, 0.6) is 0 Å². The molecule has 1 rings (SSSR count). The molecule has 1 aliphatic heterocycles. The first-order chi connectivity index (χ1) is 8.15. The first-order valence-corrected chi connectivity index (χ1v) is 7.19. The molecular formula is C14H30N2O. The number of ether oxygens (including phenoxy) is 1. The van der Waals surface area contributed by atoms with Crippen LogP contribution in [0.25, 0.3) is 0 Å². The first-order valence-electron chi connectivity index (χ1n) is 7.19. The molecule has 0 spiro atoms. The average molecular weight is 242 g/mol. The molecule has 1 N–H and O–H groups in total. The molecule has 1 heterocycles. The summed E-state index contributed by atoms with van der Waals surface area (Å²) >= 11 is 0. The summed E-state index contributed by atoms with van der Waals surface area (Å²) in [5.41, 5.74) is 0. The summed E-state index contributed by atoms with van der Waals surface area (Å²) in [6, 6.07) is 1.41. The Morgan fingerprint density at radius 2 is 2.18 bits per heavy atom. The Morgan fingerprint density at radius 1 is 1.41 bits per heavy atom. The van der Waals surface area contributed by atoms with Crippen molar-refractivity contribution in [3.63, 3.8) is 0 Å². The Bertz CT molecular complexity index is 199. The molecule has 3 nitrogen and oxygen atoms in total. The lowest BCUT2D eigenvalue weighted by Crippen LogP contribution is -2.42. The largest absolute Gasteiger partial charge is 0.382 e. The molecule has 1 aliphatic rings. The van der Waals surface area contributed by atoms with E-state index in [0.717, 1.165) is 44.7 Å². The average Bonchev–Trinajstić information content (AvgIpc) is 2.62. The van der Waals surface area contributed by atoms with E-state index in [1.165, 1.54) is 13.0 Å². The highest BCUT2D eigenvalue weighted by Gasteiger charge is 2.29. The Kier molecular flexibility index (Phi) is 7.09. The van der Waals surface area contributed by atoms with Crippen LogP contribution in [0, 0.1) is 5.92 Å². The standard InChI is InChI=1S/C14H30N2O/c1-5-17-8-6-7-15-10-14(4)16-11-12(2)9-13(16)3/h12-15H,5-11H2,1-4H3. The zero-order valence-electron chi connectivity index (χ0n) is 12.0. The number of hydrogen-bond donors (Lipinski definition) is 1. The van der Waals surface area contributed by atoms with Crippen molar-refractivity contribution < 1.29 is 4.74 Å². The van der Waals surface area contributed by atoms with E-state index < -0.39 is 0 Å². The van der Waals surface area contributed by atoms with Crippen LogP contribution in [0.15, 0.2) is 0 Å². The molecule has 3 heteroatoms. The molecule has 17 heavy (non-hydrogen) atoms. The summed E-state index contributed by atoms with van der Waals surface area (Å²) in [7, 11) is 0. The highest BCUT2D eigenvalue weighted by molar-refractivity contribution is 4.84. The van der Waals surface area contributed by atoms with Gasteiger partial charge in [0.25, 0.3) is 0 Å². The van der Waals surface area contributed by atoms with Gasteiger partial charge in [0.1, 0.15) is 0 Å². The van der Waals surface area contributed by atoms with Crippen molar-refractivity contribution in [3.8, 4) is 0 Å². The summed E-state index contributed by atoms with van der Waals surface area (Å²) in [5, 5.41) is 3.53. The van der Waals surface area contributed by atoms with Gasteiger partial charge in [0, 0.05) is 38.4 Å². The van der Waals surface area contributed by atoms with Gasteiger partial charge in [-0.15, -0.1) is 0 Å². The summed E-state index contributed by atoms with van der Waals surface area (Å²) in [5.74, 6) is 0.866. The molecule has 0 amide bonds. The van der Waals surface area contributed by atoms with Crippen molar-refractivity contribution in [2.75, 3.05) is 32.8 Å². The predicted octanol–water partition coefficient (Wildman–Crippen LogP) is 2.12. The monoisotopic (exact) mass is 242 g/mol. The van der Waals surface area contributed by atoms with Gasteiger partial charge in [-0.25, -0.2) is 0 Å². The Labute approximate surface area is 107 Å². The maximum atomic E-state index is 5.32. The topological polar surface area (TPSA) is 24.5 Å². The van der Waals surface area contributed by atoms with Gasteiger partial charge < -0.3 is 10.1 Å². The van der Waals surface area contributed by atoms with Gasteiger partial charge in [-0.05, 0) is 46.1 Å². The molecule has 0 aromatic carbocycles. The van der Waals surface area contributed by atoms with Crippen molar-refractivity contribution >= 4 is 0 Å². The second kappa shape index (κ2) is 8.06. The third-order valence-electron chi connectivity index (χ3n) is 3.68. The molecule has 3 unspecified atom stereocenters. The van der Waals surface area contributed by atoms with Gasteiger partial charge in [0.2, 0.25) is 0 Å². The minimum Gasteiger partial charge on any atom is -0.382 e. The van der Waals surface area contributed by atoms with Crippen LogP contribution in [0.1, 0.15) is 40.5 Å². The number of likely N-dealkylation sites (tertiary alicyclic amines) is 1. The fourth-order valence-electron chi connectivity index (χ4n) is 2.82. The predicted molar refractivity (Wildman–Crippen MR) is 73.4 cm³/mol. The molecule has 0 bridgehead atoms. The van der Waals surface area contributed by atoms with E-state index >= 15 is 0 Å². The third kappa shape index (κ3) is 5.36. The second-order valence-electron chi connectivity index (χ2n) is 5.49. The van der Waals surface area contributed by atoms with Crippen LogP contribution in [-0.4, -0.2) is 49.8 Å². The zero-order valence-corrected chi connectivity index (χ0v) is 12.0. The number of hydrogen-bond acceptors (Lipinski definition) is 3. The number of nitrogens with one attached hydrogen (secondary N) is 1. The molecule has 0 aromatic rings. The SMILES string of the molecule is CCOCCCNCC(C)N1CC(C)CC1C. The Hall–Kier alpha value is -0.120. The van der Waals surface area contributed by atoms with E-state index in [4.69, 9.17) is 4.74 Å². The van der Waals surface area contributed by atoms with E-state index in [1.54, 1.807) is 0 Å². The molecule has 1 saturated heterocycles. The summed E-state index contributed by atoms with van der Waals surface area (Å²) in [6.07, 6.45) is 2.47. The third-order valence-corrected chi connectivity index (χ3v) is 3.68. The van der Waals surface area contributed by atoms with Crippen LogP contribution in [0.2, 0.25) is 0 Å². The molecule has 0 saturated carbocycles. The van der Waals surface area contributed by atoms with Crippen molar-refractivity contribution in [2.24, 2.45) is 5.92 Å². The van der Waals surface area contributed by atoms with E-state index in [2.05, 4.69) is 31.0 Å². The van der Waals surface area contributed by atoms with Crippen molar-refractivity contribution in [1.29, 1.82) is 0 Å². The minimum atomic E-state index is 0.655. The normalized spacial score (nSPS) is 27.5. The smallest absolute Gasteiger partial charge is 0.0477 e. The molecule has 0 aromatic heterocycles. The van der Waals surface area contributed by atoms with E-state index in [9.17, 15) is 0 Å². The Morgan fingerprint density at radius 3 is 2.76 bits per heavy atom. The van der Waals surface area contributed by atoms with Crippen LogP contribution in [0.4, 0.5) is 0 Å². The Balaban J connectivity index is 2.06. The summed E-state index contributed by atoms with van der Waals surface area (Å²) in [4.78, 5) is 2.64. The fraction of sp³-hybridized carbons (Fsp3) is 1.00. The maximum Gasteiger partial charge on any atom is 0.0477 e. The lowest BCUT2D eigenvalue weighted by molar-refractivity contribution is 0.143. The van der Waals surface area contributed by atoms with Gasteiger partial charge in [-0.2, -0.15) is 0 Å². The number of rotatable bonds is 8. The van der Waals surface area contributed by atoms with Crippen molar-refractivity contribution in [1.82, 2.24) is 10.2 Å².